The Bertz CT molecular complexity index is 558. The Morgan fingerprint density at radius 3 is 2.50 bits per heavy atom. The van der Waals surface area contributed by atoms with Crippen LogP contribution >= 0.6 is 11.6 Å². The fourth-order valence-corrected chi connectivity index (χ4v) is 1.86. The van der Waals surface area contributed by atoms with Gasteiger partial charge in [-0.05, 0) is 35.9 Å². The summed E-state index contributed by atoms with van der Waals surface area (Å²) in [5, 5.41) is 12.4. The number of nitrogens with zero attached hydrogens (tertiary/aromatic N) is 1. The second kappa shape index (κ2) is 5.52. The highest BCUT2D eigenvalue weighted by molar-refractivity contribution is 6.30. The highest BCUT2D eigenvalue weighted by Gasteiger charge is 2.12. The maximum absolute atomic E-state index is 13.2. The van der Waals surface area contributed by atoms with E-state index in [0.717, 1.165) is 5.69 Å². The molecular formula is C14H10ClFN2. The van der Waals surface area contributed by atoms with Crippen molar-refractivity contribution in [3.63, 3.8) is 0 Å². The van der Waals surface area contributed by atoms with Crippen molar-refractivity contribution in [3.05, 3.63) is 64.9 Å². The van der Waals surface area contributed by atoms with Crippen LogP contribution in [0.4, 0.5) is 10.1 Å². The zero-order chi connectivity index (χ0) is 13.0. The van der Waals surface area contributed by atoms with Crippen LogP contribution < -0.4 is 5.32 Å². The largest absolute Gasteiger partial charge is 0.366 e. The van der Waals surface area contributed by atoms with Crippen molar-refractivity contribution >= 4 is 17.3 Å². The van der Waals surface area contributed by atoms with Crippen molar-refractivity contribution in [3.8, 4) is 6.07 Å². The first-order valence-electron chi connectivity index (χ1n) is 5.36. The van der Waals surface area contributed by atoms with Crippen LogP contribution in [0.3, 0.4) is 0 Å². The summed E-state index contributed by atoms with van der Waals surface area (Å²) in [6.45, 7) is 0. The number of para-hydroxylation sites is 1. The summed E-state index contributed by atoms with van der Waals surface area (Å²) < 4.78 is 13.2. The lowest BCUT2D eigenvalue weighted by Crippen LogP contribution is -2.08. The number of anilines is 1. The number of halogens is 2. The molecule has 0 amide bonds. The molecule has 0 heterocycles. The zero-order valence-electron chi connectivity index (χ0n) is 9.40. The van der Waals surface area contributed by atoms with Crippen molar-refractivity contribution in [2.75, 3.05) is 5.32 Å². The molecule has 0 fully saturated rings. The molecule has 2 nitrogen and oxygen atoms in total. The Morgan fingerprint density at radius 2 is 1.89 bits per heavy atom. The first kappa shape index (κ1) is 12.4. The molecule has 0 radical (unpaired) electrons. The zero-order valence-corrected chi connectivity index (χ0v) is 10.2. The smallest absolute Gasteiger partial charge is 0.140 e. The van der Waals surface area contributed by atoms with Gasteiger partial charge in [0.2, 0.25) is 0 Å². The number of nitriles is 1. The molecule has 0 aromatic heterocycles. The molecule has 2 aromatic rings. The minimum absolute atomic E-state index is 0.278. The van der Waals surface area contributed by atoms with Gasteiger partial charge in [0.05, 0.1) is 6.07 Å². The summed E-state index contributed by atoms with van der Waals surface area (Å²) >= 11 is 5.78. The van der Waals surface area contributed by atoms with Gasteiger partial charge >= 0.3 is 0 Å². The molecule has 0 aliphatic rings. The van der Waals surface area contributed by atoms with Crippen molar-refractivity contribution in [1.82, 2.24) is 0 Å². The van der Waals surface area contributed by atoms with Gasteiger partial charge in [0.25, 0.3) is 0 Å². The van der Waals surface area contributed by atoms with Crippen LogP contribution in [0, 0.1) is 17.1 Å². The lowest BCUT2D eigenvalue weighted by Gasteiger charge is -2.13. The Morgan fingerprint density at radius 1 is 1.17 bits per heavy atom. The third-order valence-corrected chi connectivity index (χ3v) is 2.65. The maximum Gasteiger partial charge on any atom is 0.140 e. The molecule has 0 aliphatic carbocycles. The van der Waals surface area contributed by atoms with E-state index in [1.54, 1.807) is 6.07 Å². The lowest BCUT2D eigenvalue weighted by molar-refractivity contribution is 0.625. The second-order valence-corrected chi connectivity index (χ2v) is 4.21. The fraction of sp³-hybridized carbons (Fsp3) is 0.0714. The summed E-state index contributed by atoms with van der Waals surface area (Å²) in [6, 6.07) is 14.8. The van der Waals surface area contributed by atoms with E-state index in [0.29, 0.717) is 5.56 Å². The molecule has 0 spiro atoms. The van der Waals surface area contributed by atoms with Crippen molar-refractivity contribution in [2.24, 2.45) is 0 Å². The van der Waals surface area contributed by atoms with E-state index < -0.39 is 11.9 Å². The number of benzene rings is 2. The summed E-state index contributed by atoms with van der Waals surface area (Å²) in [5.41, 5.74) is 1.30. The van der Waals surface area contributed by atoms with E-state index in [9.17, 15) is 4.39 Å². The molecule has 90 valence electrons. The van der Waals surface area contributed by atoms with Gasteiger partial charge in [-0.15, -0.1) is 0 Å². The first-order chi connectivity index (χ1) is 8.69. The molecule has 1 atom stereocenters. The van der Waals surface area contributed by atoms with Gasteiger partial charge in [0.1, 0.15) is 11.9 Å². The standard InChI is InChI=1S/C14H10ClFN2/c15-11-6-10(7-12(16)8-11)14(9-17)18-13-4-2-1-3-5-13/h1-8,14,18H. The molecule has 18 heavy (non-hydrogen) atoms. The summed E-state index contributed by atoms with van der Waals surface area (Å²) in [6.07, 6.45) is 0. The molecular weight excluding hydrogens is 251 g/mol. The molecule has 1 unspecified atom stereocenters. The minimum atomic E-state index is -0.638. The predicted molar refractivity (Wildman–Crippen MR) is 69.8 cm³/mol. The normalized spacial score (nSPS) is 11.6. The Labute approximate surface area is 110 Å². The van der Waals surface area contributed by atoms with E-state index in [4.69, 9.17) is 16.9 Å². The topological polar surface area (TPSA) is 35.8 Å². The highest BCUT2D eigenvalue weighted by Crippen LogP contribution is 2.23. The molecule has 4 heteroatoms. The number of hydrogen-bond acceptors (Lipinski definition) is 2. The Kier molecular flexibility index (Phi) is 3.81. The SMILES string of the molecule is N#CC(Nc1ccccc1)c1cc(F)cc(Cl)c1. The van der Waals surface area contributed by atoms with E-state index in [-0.39, 0.29) is 5.02 Å². The summed E-state index contributed by atoms with van der Waals surface area (Å²) in [5.74, 6) is -0.451. The van der Waals surface area contributed by atoms with Crippen LogP contribution in [0.5, 0.6) is 0 Å². The highest BCUT2D eigenvalue weighted by atomic mass is 35.5. The Hall–Kier alpha value is -2.05. The van der Waals surface area contributed by atoms with Crippen molar-refractivity contribution in [1.29, 1.82) is 5.26 Å². The molecule has 0 bridgehead atoms. The van der Waals surface area contributed by atoms with Crippen LogP contribution in [0.1, 0.15) is 11.6 Å². The first-order valence-corrected chi connectivity index (χ1v) is 5.74. The average molecular weight is 261 g/mol. The van der Waals surface area contributed by atoms with E-state index in [1.807, 2.05) is 30.3 Å². The molecule has 2 rings (SSSR count). The van der Waals surface area contributed by atoms with Gasteiger partial charge in [-0.2, -0.15) is 5.26 Å². The van der Waals surface area contributed by atoms with Gasteiger partial charge in [-0.3, -0.25) is 0 Å². The van der Waals surface area contributed by atoms with Crippen LogP contribution in [0.15, 0.2) is 48.5 Å². The van der Waals surface area contributed by atoms with E-state index in [2.05, 4.69) is 11.4 Å². The predicted octanol–water partition coefficient (Wildman–Crippen LogP) is 4.16. The molecule has 0 saturated carbocycles. The summed E-state index contributed by atoms with van der Waals surface area (Å²) in [7, 11) is 0. The molecule has 0 saturated heterocycles. The van der Waals surface area contributed by atoms with E-state index >= 15 is 0 Å². The van der Waals surface area contributed by atoms with E-state index in [1.165, 1.54) is 12.1 Å². The third-order valence-electron chi connectivity index (χ3n) is 2.43. The quantitative estimate of drug-likeness (QED) is 0.900. The lowest BCUT2D eigenvalue weighted by atomic mass is 10.1. The van der Waals surface area contributed by atoms with Crippen LogP contribution in [0.2, 0.25) is 5.02 Å². The van der Waals surface area contributed by atoms with Crippen LogP contribution in [-0.2, 0) is 0 Å². The van der Waals surface area contributed by atoms with Crippen LogP contribution in [-0.4, -0.2) is 0 Å². The molecule has 2 aromatic carbocycles. The molecule has 1 N–H and O–H groups in total. The minimum Gasteiger partial charge on any atom is -0.366 e. The monoisotopic (exact) mass is 260 g/mol. The fourth-order valence-electron chi connectivity index (χ4n) is 1.63. The Balaban J connectivity index is 2.26. The van der Waals surface area contributed by atoms with Crippen molar-refractivity contribution < 1.29 is 4.39 Å². The second-order valence-electron chi connectivity index (χ2n) is 3.78. The number of rotatable bonds is 3. The number of hydrogen-bond donors (Lipinski definition) is 1. The van der Waals surface area contributed by atoms with Gasteiger partial charge in [-0.1, -0.05) is 29.8 Å². The average Bonchev–Trinajstić information content (AvgIpc) is 2.36. The molecule has 0 aliphatic heterocycles. The van der Waals surface area contributed by atoms with Gasteiger partial charge in [-0.25, -0.2) is 4.39 Å². The summed E-state index contributed by atoms with van der Waals surface area (Å²) in [4.78, 5) is 0. The van der Waals surface area contributed by atoms with Gasteiger partial charge < -0.3 is 5.32 Å². The van der Waals surface area contributed by atoms with Gasteiger partial charge in [0, 0.05) is 10.7 Å². The maximum atomic E-state index is 13.2. The third kappa shape index (κ3) is 2.99. The van der Waals surface area contributed by atoms with Crippen LogP contribution in [0.25, 0.3) is 0 Å². The van der Waals surface area contributed by atoms with Gasteiger partial charge in [0.15, 0.2) is 0 Å². The van der Waals surface area contributed by atoms with Crippen molar-refractivity contribution in [2.45, 2.75) is 6.04 Å². The number of nitrogens with one attached hydrogen (secondary N) is 1.